The van der Waals surface area contributed by atoms with Gasteiger partial charge in [0.1, 0.15) is 0 Å². The fourth-order valence-corrected chi connectivity index (χ4v) is 1.36. The molecule has 0 atom stereocenters. The Kier molecular flexibility index (Phi) is 2.60. The summed E-state index contributed by atoms with van der Waals surface area (Å²) in [6.45, 7) is 0. The standard InChI is InChI=1S/C9H6O4.Cu/c10-7-5-3-1-2-4-6(5)8(11)9(7,12)13;/h1-4,12-13H;. The predicted molar refractivity (Wildman–Crippen MR) is 42.3 cm³/mol. The van der Waals surface area contributed by atoms with Gasteiger partial charge in [0.05, 0.1) is 0 Å². The molecular formula is C9H6CuO4. The molecule has 1 aliphatic rings. The van der Waals surface area contributed by atoms with E-state index in [2.05, 4.69) is 0 Å². The summed E-state index contributed by atoms with van der Waals surface area (Å²) in [4.78, 5) is 22.4. The molecule has 0 heterocycles. The van der Waals surface area contributed by atoms with Gasteiger partial charge in [-0.25, -0.2) is 0 Å². The molecule has 0 fully saturated rings. The number of rotatable bonds is 0. The zero-order valence-electron chi connectivity index (χ0n) is 6.82. The van der Waals surface area contributed by atoms with Gasteiger partial charge in [0, 0.05) is 28.2 Å². The normalized spacial score (nSPS) is 17.6. The van der Waals surface area contributed by atoms with E-state index in [1.165, 1.54) is 12.1 Å². The second kappa shape index (κ2) is 3.29. The van der Waals surface area contributed by atoms with Gasteiger partial charge in [-0.1, -0.05) is 24.3 Å². The van der Waals surface area contributed by atoms with E-state index in [1.54, 1.807) is 12.1 Å². The first-order valence-corrected chi connectivity index (χ1v) is 3.68. The van der Waals surface area contributed by atoms with Crippen LogP contribution in [0.5, 0.6) is 0 Å². The summed E-state index contributed by atoms with van der Waals surface area (Å²) in [6, 6.07) is 5.91. The summed E-state index contributed by atoms with van der Waals surface area (Å²) in [5.41, 5.74) is 0.134. The van der Waals surface area contributed by atoms with Crippen molar-refractivity contribution in [3.63, 3.8) is 0 Å². The number of ketones is 2. The van der Waals surface area contributed by atoms with Crippen molar-refractivity contribution < 1.29 is 36.9 Å². The van der Waals surface area contributed by atoms with Crippen LogP contribution in [0.2, 0.25) is 0 Å². The quantitative estimate of drug-likeness (QED) is 0.373. The topological polar surface area (TPSA) is 74.6 Å². The molecule has 14 heavy (non-hydrogen) atoms. The van der Waals surface area contributed by atoms with Crippen LogP contribution in [0, 0.1) is 0 Å². The van der Waals surface area contributed by atoms with Gasteiger partial charge in [0.2, 0.25) is 11.6 Å². The molecule has 2 N–H and O–H groups in total. The van der Waals surface area contributed by atoms with E-state index >= 15 is 0 Å². The number of carbonyl (C=O) groups is 2. The van der Waals surface area contributed by atoms with Gasteiger partial charge < -0.3 is 10.2 Å². The summed E-state index contributed by atoms with van der Waals surface area (Å²) >= 11 is 0. The van der Waals surface area contributed by atoms with Crippen molar-refractivity contribution in [3.8, 4) is 0 Å². The van der Waals surface area contributed by atoms with Crippen LogP contribution in [0.1, 0.15) is 20.7 Å². The molecule has 0 spiro atoms. The van der Waals surface area contributed by atoms with Crippen molar-refractivity contribution >= 4 is 11.6 Å². The van der Waals surface area contributed by atoms with Gasteiger partial charge in [-0.15, -0.1) is 0 Å². The molecule has 0 aliphatic heterocycles. The van der Waals surface area contributed by atoms with Gasteiger partial charge >= 0.3 is 0 Å². The monoisotopic (exact) mass is 241 g/mol. The van der Waals surface area contributed by atoms with Gasteiger partial charge in [0.25, 0.3) is 5.79 Å². The number of hydrogen-bond donors (Lipinski definition) is 2. The van der Waals surface area contributed by atoms with Gasteiger partial charge in [0.15, 0.2) is 0 Å². The van der Waals surface area contributed by atoms with Crippen LogP contribution in [0.25, 0.3) is 0 Å². The smallest absolute Gasteiger partial charge is 0.295 e. The molecule has 1 aromatic rings. The first-order chi connectivity index (χ1) is 6.05. The van der Waals surface area contributed by atoms with Crippen molar-refractivity contribution in [3.05, 3.63) is 35.4 Å². The SMILES string of the molecule is O=C1c2ccccc2C(=O)C1(O)O.[Cu]. The first kappa shape index (κ1) is 11.1. The Morgan fingerprint density at radius 2 is 1.29 bits per heavy atom. The number of fused-ring (bicyclic) bond motifs is 1. The van der Waals surface area contributed by atoms with Crippen LogP contribution in [0.4, 0.5) is 0 Å². The molecule has 2 rings (SSSR count). The third-order valence-corrected chi connectivity index (χ3v) is 2.05. The van der Waals surface area contributed by atoms with E-state index < -0.39 is 17.4 Å². The number of benzene rings is 1. The Bertz CT molecular complexity index is 374. The molecule has 0 aromatic heterocycles. The Morgan fingerprint density at radius 1 is 0.929 bits per heavy atom. The fourth-order valence-electron chi connectivity index (χ4n) is 1.36. The van der Waals surface area contributed by atoms with E-state index in [-0.39, 0.29) is 28.2 Å². The Morgan fingerprint density at radius 3 is 1.64 bits per heavy atom. The zero-order valence-corrected chi connectivity index (χ0v) is 7.76. The van der Waals surface area contributed by atoms with Crippen molar-refractivity contribution in [2.75, 3.05) is 0 Å². The molecule has 4 nitrogen and oxygen atoms in total. The number of hydrogen-bond acceptors (Lipinski definition) is 4. The summed E-state index contributed by atoms with van der Waals surface area (Å²) in [5.74, 6) is -4.76. The summed E-state index contributed by atoms with van der Waals surface area (Å²) in [5, 5.41) is 18.2. The molecule has 0 unspecified atom stereocenters. The Hall–Kier alpha value is -1.00. The number of Topliss-reactive ketones (excluding diaryl/α,β-unsaturated/α-hetero) is 2. The zero-order chi connectivity index (χ0) is 9.64. The van der Waals surface area contributed by atoms with E-state index in [0.717, 1.165) is 0 Å². The van der Waals surface area contributed by atoms with Crippen LogP contribution in [0.3, 0.4) is 0 Å². The maximum Gasteiger partial charge on any atom is 0.295 e. The second-order valence-corrected chi connectivity index (χ2v) is 2.88. The minimum absolute atomic E-state index is 0. The summed E-state index contributed by atoms with van der Waals surface area (Å²) < 4.78 is 0. The summed E-state index contributed by atoms with van der Waals surface area (Å²) in [6.07, 6.45) is 0. The second-order valence-electron chi connectivity index (χ2n) is 2.88. The van der Waals surface area contributed by atoms with Gasteiger partial charge in [-0.2, -0.15) is 0 Å². The minimum atomic E-state index is -2.86. The average molecular weight is 242 g/mol. The van der Waals surface area contributed by atoms with Gasteiger partial charge in [-0.3, -0.25) is 9.59 Å². The van der Waals surface area contributed by atoms with E-state index in [9.17, 15) is 9.59 Å². The van der Waals surface area contributed by atoms with Crippen molar-refractivity contribution in [2.24, 2.45) is 0 Å². The molecule has 0 bridgehead atoms. The van der Waals surface area contributed by atoms with Gasteiger partial charge in [-0.05, 0) is 0 Å². The Labute approximate surface area is 90.0 Å². The predicted octanol–water partition coefficient (Wildman–Crippen LogP) is -0.256. The maximum absolute atomic E-state index is 11.2. The van der Waals surface area contributed by atoms with E-state index in [0.29, 0.717) is 0 Å². The van der Waals surface area contributed by atoms with Crippen LogP contribution >= 0.6 is 0 Å². The molecule has 1 aromatic carbocycles. The van der Waals surface area contributed by atoms with Crippen LogP contribution in [-0.4, -0.2) is 27.6 Å². The van der Waals surface area contributed by atoms with Crippen molar-refractivity contribution in [1.29, 1.82) is 0 Å². The molecular weight excluding hydrogens is 236 g/mol. The number of aliphatic hydroxyl groups is 2. The molecule has 0 amide bonds. The third kappa shape index (κ3) is 1.22. The first-order valence-electron chi connectivity index (χ1n) is 3.68. The third-order valence-electron chi connectivity index (χ3n) is 2.05. The van der Waals surface area contributed by atoms with E-state index in [4.69, 9.17) is 10.2 Å². The molecule has 77 valence electrons. The molecule has 1 radical (unpaired) electrons. The van der Waals surface area contributed by atoms with Crippen molar-refractivity contribution in [1.82, 2.24) is 0 Å². The fraction of sp³-hybridized carbons (Fsp3) is 0.111. The van der Waals surface area contributed by atoms with Crippen LogP contribution in [-0.2, 0) is 17.1 Å². The molecule has 0 saturated heterocycles. The van der Waals surface area contributed by atoms with Crippen molar-refractivity contribution in [2.45, 2.75) is 5.79 Å². The maximum atomic E-state index is 11.2. The molecule has 0 saturated carbocycles. The molecule has 5 heteroatoms. The average Bonchev–Trinajstić information content (AvgIpc) is 2.30. The van der Waals surface area contributed by atoms with Crippen LogP contribution in [0.15, 0.2) is 24.3 Å². The minimum Gasteiger partial charge on any atom is -0.353 e. The number of carbonyl (C=O) groups excluding carboxylic acids is 2. The summed E-state index contributed by atoms with van der Waals surface area (Å²) in [7, 11) is 0. The largest absolute Gasteiger partial charge is 0.353 e. The van der Waals surface area contributed by atoms with E-state index in [1.807, 2.05) is 0 Å². The Balaban J connectivity index is 0.000000980. The van der Waals surface area contributed by atoms with Crippen LogP contribution < -0.4 is 0 Å². The molecule has 1 aliphatic carbocycles.